The van der Waals surface area contributed by atoms with Gasteiger partial charge in [0, 0.05) is 6.42 Å². The van der Waals surface area contributed by atoms with Crippen LogP contribution in [0, 0.1) is 5.41 Å². The van der Waals surface area contributed by atoms with Crippen molar-refractivity contribution in [3.8, 4) is 0 Å². The van der Waals surface area contributed by atoms with E-state index < -0.39 is 0 Å². The molecule has 1 nitrogen and oxygen atoms in total. The molecule has 1 aliphatic rings. The molecule has 0 fully saturated rings. The van der Waals surface area contributed by atoms with Crippen LogP contribution in [0.3, 0.4) is 0 Å². The van der Waals surface area contributed by atoms with Gasteiger partial charge in [0.05, 0.1) is 0 Å². The molecule has 0 unspecified atom stereocenters. The minimum Gasteiger partial charge on any atom is -0.295 e. The van der Waals surface area contributed by atoms with Crippen molar-refractivity contribution in [1.82, 2.24) is 0 Å². The van der Waals surface area contributed by atoms with E-state index in [1.165, 1.54) is 16.3 Å². The number of rotatable bonds is 0. The molecule has 0 spiro atoms. The average molecular weight is 266 g/mol. The number of carbonyl (C=O) groups is 1. The van der Waals surface area contributed by atoms with Gasteiger partial charge in [-0.15, -0.1) is 0 Å². The highest BCUT2D eigenvalue weighted by Gasteiger charge is 2.25. The van der Waals surface area contributed by atoms with Gasteiger partial charge in [0.2, 0.25) is 0 Å². The van der Waals surface area contributed by atoms with Crippen LogP contribution in [0.4, 0.5) is 0 Å². The van der Waals surface area contributed by atoms with E-state index in [2.05, 4.69) is 62.4 Å². The van der Waals surface area contributed by atoms with Crippen molar-refractivity contribution in [2.75, 3.05) is 0 Å². The van der Waals surface area contributed by atoms with Gasteiger partial charge in [-0.25, -0.2) is 0 Å². The van der Waals surface area contributed by atoms with Gasteiger partial charge in [-0.3, -0.25) is 4.79 Å². The third kappa shape index (κ3) is 4.06. The van der Waals surface area contributed by atoms with Crippen LogP contribution in [-0.2, 0) is 4.79 Å². The molecule has 20 heavy (non-hydrogen) atoms. The van der Waals surface area contributed by atoms with Crippen molar-refractivity contribution in [2.24, 2.45) is 5.41 Å². The Morgan fingerprint density at radius 1 is 0.850 bits per heavy atom. The van der Waals surface area contributed by atoms with Gasteiger partial charge in [-0.1, -0.05) is 68.0 Å². The summed E-state index contributed by atoms with van der Waals surface area (Å²) >= 11 is 0. The number of fused-ring (bicyclic) bond motifs is 1. The minimum absolute atomic E-state index is 0.204. The van der Waals surface area contributed by atoms with Crippen molar-refractivity contribution in [3.05, 3.63) is 60.2 Å². The summed E-state index contributed by atoms with van der Waals surface area (Å²) < 4.78 is 0. The molecule has 1 heteroatoms. The topological polar surface area (TPSA) is 17.1 Å². The van der Waals surface area contributed by atoms with Gasteiger partial charge in [-0.2, -0.15) is 0 Å². The molecule has 2 aromatic rings. The zero-order valence-electron chi connectivity index (χ0n) is 12.5. The van der Waals surface area contributed by atoms with Crippen molar-refractivity contribution in [1.29, 1.82) is 0 Å². The van der Waals surface area contributed by atoms with Crippen LogP contribution in [0.2, 0.25) is 0 Å². The summed E-state index contributed by atoms with van der Waals surface area (Å²) in [5.41, 5.74) is 1.43. The summed E-state index contributed by atoms with van der Waals surface area (Å²) in [6, 6.07) is 16.7. The van der Waals surface area contributed by atoms with Crippen molar-refractivity contribution in [3.63, 3.8) is 0 Å². The van der Waals surface area contributed by atoms with E-state index in [0.717, 1.165) is 6.42 Å². The molecule has 0 bridgehead atoms. The molecule has 0 aromatic heterocycles. The highest BCUT2D eigenvalue weighted by Crippen LogP contribution is 2.32. The zero-order valence-corrected chi connectivity index (χ0v) is 12.5. The molecule has 0 radical (unpaired) electrons. The van der Waals surface area contributed by atoms with Gasteiger partial charge in [0.15, 0.2) is 5.78 Å². The summed E-state index contributed by atoms with van der Waals surface area (Å²) in [5, 5.41) is 2.62. The van der Waals surface area contributed by atoms with E-state index >= 15 is 0 Å². The Kier molecular flexibility index (Phi) is 4.39. The van der Waals surface area contributed by atoms with E-state index in [1.54, 1.807) is 6.08 Å². The maximum atomic E-state index is 11.0. The number of ketones is 1. The fourth-order valence-corrected chi connectivity index (χ4v) is 2.80. The molecule has 104 valence electrons. The predicted octanol–water partition coefficient (Wildman–Crippen LogP) is 5.16. The van der Waals surface area contributed by atoms with Crippen LogP contribution in [0.15, 0.2) is 60.2 Å². The molecule has 0 aliphatic heterocycles. The third-order valence-electron chi connectivity index (χ3n) is 3.48. The van der Waals surface area contributed by atoms with Gasteiger partial charge >= 0.3 is 0 Å². The maximum absolute atomic E-state index is 11.0. The predicted molar refractivity (Wildman–Crippen MR) is 85.7 cm³/mol. The fourth-order valence-electron chi connectivity index (χ4n) is 2.80. The number of hydrogen-bond acceptors (Lipinski definition) is 1. The van der Waals surface area contributed by atoms with E-state index in [-0.39, 0.29) is 11.2 Å². The highest BCUT2D eigenvalue weighted by atomic mass is 16.1. The Hall–Kier alpha value is -1.89. The van der Waals surface area contributed by atoms with E-state index in [9.17, 15) is 4.79 Å². The Balaban J connectivity index is 0.000000147. The first-order valence-electron chi connectivity index (χ1n) is 7.10. The SMILES string of the molecule is CC1=CC(=O)CC(C)(C)C1.c1ccc2ccccc2c1. The second kappa shape index (κ2) is 6.04. The Bertz CT molecular complexity index is 570. The molecule has 2 aromatic carbocycles. The zero-order chi connectivity index (χ0) is 14.6. The number of benzene rings is 2. The molecular weight excluding hydrogens is 244 g/mol. The largest absolute Gasteiger partial charge is 0.295 e. The second-order valence-corrected chi connectivity index (χ2v) is 6.32. The maximum Gasteiger partial charge on any atom is 0.156 e. The molecular formula is C19H22O. The Morgan fingerprint density at radius 2 is 1.30 bits per heavy atom. The monoisotopic (exact) mass is 266 g/mol. The lowest BCUT2D eigenvalue weighted by Gasteiger charge is -2.27. The summed E-state index contributed by atoms with van der Waals surface area (Å²) in [4.78, 5) is 11.0. The number of allylic oxidation sites excluding steroid dienone is 2. The van der Waals surface area contributed by atoms with Crippen LogP contribution >= 0.6 is 0 Å². The van der Waals surface area contributed by atoms with Crippen LogP contribution in [-0.4, -0.2) is 5.78 Å². The standard InChI is InChI=1S/C10H8.C9H14O/c1-2-6-10-8-4-3-7-9(10)5-1;1-7-4-8(10)6-9(2,3)5-7/h1-8H;4H,5-6H2,1-3H3. The number of carbonyl (C=O) groups excluding carboxylic acids is 1. The Labute approximate surface area is 121 Å². The summed E-state index contributed by atoms with van der Waals surface area (Å²) in [6.45, 7) is 6.31. The normalized spacial score (nSPS) is 17.1. The van der Waals surface area contributed by atoms with Crippen molar-refractivity contribution >= 4 is 16.6 Å². The molecule has 3 rings (SSSR count). The van der Waals surface area contributed by atoms with Crippen LogP contribution in [0.1, 0.15) is 33.6 Å². The molecule has 0 amide bonds. The number of hydrogen-bond donors (Lipinski definition) is 0. The molecule has 0 saturated heterocycles. The van der Waals surface area contributed by atoms with Crippen LogP contribution < -0.4 is 0 Å². The molecule has 0 atom stereocenters. The first-order valence-corrected chi connectivity index (χ1v) is 7.10. The summed E-state index contributed by atoms with van der Waals surface area (Å²) in [5.74, 6) is 0.286. The first-order chi connectivity index (χ1) is 9.46. The van der Waals surface area contributed by atoms with Crippen molar-refractivity contribution < 1.29 is 4.79 Å². The van der Waals surface area contributed by atoms with Crippen molar-refractivity contribution in [2.45, 2.75) is 33.6 Å². The van der Waals surface area contributed by atoms with E-state index in [1.807, 2.05) is 6.92 Å². The lowest BCUT2D eigenvalue weighted by Crippen LogP contribution is -2.20. The second-order valence-electron chi connectivity index (χ2n) is 6.32. The molecule has 0 N–H and O–H groups in total. The van der Waals surface area contributed by atoms with Crippen LogP contribution in [0.25, 0.3) is 10.8 Å². The van der Waals surface area contributed by atoms with E-state index in [4.69, 9.17) is 0 Å². The van der Waals surface area contributed by atoms with Gasteiger partial charge in [0.1, 0.15) is 0 Å². The van der Waals surface area contributed by atoms with Crippen LogP contribution in [0.5, 0.6) is 0 Å². The lowest BCUT2D eigenvalue weighted by atomic mass is 9.77. The molecule has 0 saturated carbocycles. The van der Waals surface area contributed by atoms with Gasteiger partial charge in [0.25, 0.3) is 0 Å². The molecule has 0 heterocycles. The minimum atomic E-state index is 0.204. The Morgan fingerprint density at radius 3 is 1.65 bits per heavy atom. The van der Waals surface area contributed by atoms with E-state index in [0.29, 0.717) is 6.42 Å². The third-order valence-corrected chi connectivity index (χ3v) is 3.48. The average Bonchev–Trinajstić information content (AvgIpc) is 2.36. The summed E-state index contributed by atoms with van der Waals surface area (Å²) in [6.07, 6.45) is 3.55. The van der Waals surface area contributed by atoms with Gasteiger partial charge in [-0.05, 0) is 35.6 Å². The lowest BCUT2D eigenvalue weighted by molar-refractivity contribution is -0.117. The first kappa shape index (κ1) is 14.5. The quantitative estimate of drug-likeness (QED) is 0.643. The summed E-state index contributed by atoms with van der Waals surface area (Å²) in [7, 11) is 0. The molecule has 1 aliphatic carbocycles. The fraction of sp³-hybridized carbons (Fsp3) is 0.316. The smallest absolute Gasteiger partial charge is 0.156 e. The van der Waals surface area contributed by atoms with Gasteiger partial charge < -0.3 is 0 Å². The highest BCUT2D eigenvalue weighted by molar-refractivity contribution is 5.91.